The number of carbonyl (C=O) groups excluding carboxylic acids is 1. The Morgan fingerprint density at radius 1 is 1.24 bits per heavy atom. The van der Waals surface area contributed by atoms with Crippen molar-refractivity contribution < 1.29 is 18.8 Å². The number of nitrogens with zero attached hydrogens (tertiary/aromatic N) is 1. The summed E-state index contributed by atoms with van der Waals surface area (Å²) in [4.78, 5) is 17.1. The number of rotatable bonds is 3. The zero-order valence-electron chi connectivity index (χ0n) is 14.7. The summed E-state index contributed by atoms with van der Waals surface area (Å²) in [6.07, 6.45) is 1.76. The average Bonchev–Trinajstić information content (AvgIpc) is 3.10. The monoisotopic (exact) mass is 405 g/mol. The zero-order chi connectivity index (χ0) is 18.2. The summed E-state index contributed by atoms with van der Waals surface area (Å²) in [6, 6.07) is 7.68. The van der Waals surface area contributed by atoms with Gasteiger partial charge in [-0.3, -0.25) is 0 Å². The maximum atomic E-state index is 12.2. The van der Waals surface area contributed by atoms with Crippen LogP contribution in [0.15, 0.2) is 38.3 Å². The maximum absolute atomic E-state index is 12.2. The Balaban J connectivity index is 1.91. The summed E-state index contributed by atoms with van der Waals surface area (Å²) >= 11 is 3.47. The van der Waals surface area contributed by atoms with E-state index in [9.17, 15) is 4.79 Å². The molecule has 0 saturated heterocycles. The van der Waals surface area contributed by atoms with Crippen molar-refractivity contribution in [2.45, 2.75) is 39.2 Å². The molecule has 132 valence electrons. The zero-order valence-corrected chi connectivity index (χ0v) is 16.3. The second-order valence-electron chi connectivity index (χ2n) is 6.88. The topological polar surface area (TPSA) is 61.0 Å². The summed E-state index contributed by atoms with van der Waals surface area (Å²) in [6.45, 7) is 5.47. The number of hydrogen-bond acceptors (Lipinski definition) is 5. The highest BCUT2D eigenvalue weighted by molar-refractivity contribution is 9.10. The molecule has 1 aromatic carbocycles. The number of fused-ring (bicyclic) bond motifs is 1. The van der Waals surface area contributed by atoms with E-state index in [1.165, 1.54) is 5.56 Å². The second-order valence-corrected chi connectivity index (χ2v) is 7.74. The van der Waals surface area contributed by atoms with Crippen LogP contribution in [-0.4, -0.2) is 24.4 Å². The molecule has 0 bridgehead atoms. The van der Waals surface area contributed by atoms with Gasteiger partial charge in [0, 0.05) is 17.2 Å². The van der Waals surface area contributed by atoms with Gasteiger partial charge in [0.05, 0.1) is 10.2 Å². The standard InChI is InChI=1S/C19H20BrNO4/c1-19(2,3)25-18(22)16-10-14(20)17(24-16)12-5-7-13-11(9-12)6-8-15(13)21-23-4/h5,7,9-10H,6,8H2,1-4H3/b21-15-. The molecule has 0 radical (unpaired) electrons. The number of hydrogen-bond donors (Lipinski definition) is 0. The van der Waals surface area contributed by atoms with E-state index in [-0.39, 0.29) is 5.76 Å². The number of benzene rings is 1. The normalized spacial score (nSPS) is 15.3. The van der Waals surface area contributed by atoms with Gasteiger partial charge in [-0.05, 0) is 61.2 Å². The van der Waals surface area contributed by atoms with Crippen molar-refractivity contribution in [3.05, 3.63) is 45.6 Å². The quantitative estimate of drug-likeness (QED) is 0.534. The van der Waals surface area contributed by atoms with Gasteiger partial charge in [0.15, 0.2) is 0 Å². The van der Waals surface area contributed by atoms with Crippen molar-refractivity contribution in [3.63, 3.8) is 0 Å². The number of furan rings is 1. The summed E-state index contributed by atoms with van der Waals surface area (Å²) in [5, 5.41) is 4.07. The van der Waals surface area contributed by atoms with Gasteiger partial charge in [-0.15, -0.1) is 0 Å². The van der Waals surface area contributed by atoms with E-state index in [0.717, 1.165) is 34.2 Å². The van der Waals surface area contributed by atoms with Crippen LogP contribution in [0.1, 0.15) is 48.9 Å². The lowest BCUT2D eigenvalue weighted by Gasteiger charge is -2.18. The van der Waals surface area contributed by atoms with Gasteiger partial charge in [0.2, 0.25) is 5.76 Å². The van der Waals surface area contributed by atoms with Crippen molar-refractivity contribution in [2.24, 2.45) is 5.16 Å². The first kappa shape index (κ1) is 17.7. The van der Waals surface area contributed by atoms with Gasteiger partial charge in [-0.2, -0.15) is 0 Å². The fourth-order valence-corrected chi connectivity index (χ4v) is 3.33. The van der Waals surface area contributed by atoms with E-state index in [2.05, 4.69) is 27.2 Å². The molecule has 0 atom stereocenters. The summed E-state index contributed by atoms with van der Waals surface area (Å²) < 4.78 is 11.8. The minimum absolute atomic E-state index is 0.180. The van der Waals surface area contributed by atoms with E-state index in [1.807, 2.05) is 32.9 Å². The van der Waals surface area contributed by atoms with Crippen LogP contribution in [0.25, 0.3) is 11.3 Å². The number of oxime groups is 1. The Morgan fingerprint density at radius 2 is 2.00 bits per heavy atom. The molecule has 1 heterocycles. The third-order valence-electron chi connectivity index (χ3n) is 3.80. The van der Waals surface area contributed by atoms with Crippen LogP contribution in [0.3, 0.4) is 0 Å². The Morgan fingerprint density at radius 3 is 2.68 bits per heavy atom. The molecule has 0 unspecified atom stereocenters. The van der Waals surface area contributed by atoms with Crippen LogP contribution in [0.4, 0.5) is 0 Å². The summed E-state index contributed by atoms with van der Waals surface area (Å²) in [5.74, 6) is 0.315. The highest BCUT2D eigenvalue weighted by Gasteiger charge is 2.24. The predicted octanol–water partition coefficient (Wildman–Crippen LogP) is 4.96. The third kappa shape index (κ3) is 3.79. The Kier molecular flexibility index (Phi) is 4.73. The van der Waals surface area contributed by atoms with E-state index in [1.54, 1.807) is 13.2 Å². The predicted molar refractivity (Wildman–Crippen MR) is 98.9 cm³/mol. The van der Waals surface area contributed by atoms with Gasteiger partial charge in [-0.25, -0.2) is 4.79 Å². The first-order valence-electron chi connectivity index (χ1n) is 8.05. The van der Waals surface area contributed by atoms with Crippen LogP contribution in [-0.2, 0) is 16.0 Å². The lowest BCUT2D eigenvalue weighted by molar-refractivity contribution is 0.00368. The van der Waals surface area contributed by atoms with Gasteiger partial charge in [-0.1, -0.05) is 17.3 Å². The molecule has 0 spiro atoms. The van der Waals surface area contributed by atoms with Gasteiger partial charge in [0.25, 0.3) is 0 Å². The Bertz CT molecular complexity index is 846. The fraction of sp³-hybridized carbons (Fsp3) is 0.368. The van der Waals surface area contributed by atoms with Crippen molar-refractivity contribution in [1.29, 1.82) is 0 Å². The molecule has 3 rings (SSSR count). The number of ether oxygens (including phenoxy) is 1. The fourth-order valence-electron chi connectivity index (χ4n) is 2.81. The molecule has 6 heteroatoms. The molecule has 0 amide bonds. The van der Waals surface area contributed by atoms with Crippen molar-refractivity contribution >= 4 is 27.6 Å². The number of aryl methyl sites for hydroxylation is 1. The second kappa shape index (κ2) is 6.67. The molecule has 1 aromatic heterocycles. The molecule has 1 aliphatic rings. The van der Waals surface area contributed by atoms with Crippen LogP contribution >= 0.6 is 15.9 Å². The molecular formula is C19H20BrNO4. The van der Waals surface area contributed by atoms with Gasteiger partial charge in [0.1, 0.15) is 18.5 Å². The van der Waals surface area contributed by atoms with E-state index < -0.39 is 11.6 Å². The van der Waals surface area contributed by atoms with E-state index in [4.69, 9.17) is 14.0 Å². The first-order chi connectivity index (χ1) is 11.8. The van der Waals surface area contributed by atoms with E-state index in [0.29, 0.717) is 5.76 Å². The molecule has 0 aliphatic heterocycles. The van der Waals surface area contributed by atoms with Crippen molar-refractivity contribution in [2.75, 3.05) is 7.11 Å². The highest BCUT2D eigenvalue weighted by Crippen LogP contribution is 2.35. The Labute approximate surface area is 155 Å². The van der Waals surface area contributed by atoms with Crippen molar-refractivity contribution in [1.82, 2.24) is 0 Å². The molecule has 0 saturated carbocycles. The van der Waals surface area contributed by atoms with Gasteiger partial charge < -0.3 is 14.0 Å². The molecule has 1 aliphatic carbocycles. The lowest BCUT2D eigenvalue weighted by atomic mass is 10.0. The molecule has 0 fully saturated rings. The minimum Gasteiger partial charge on any atom is -0.454 e. The third-order valence-corrected chi connectivity index (χ3v) is 4.39. The average molecular weight is 406 g/mol. The van der Waals surface area contributed by atoms with Crippen molar-refractivity contribution in [3.8, 4) is 11.3 Å². The molecule has 2 aromatic rings. The lowest BCUT2D eigenvalue weighted by Crippen LogP contribution is -2.23. The molecular weight excluding hydrogens is 386 g/mol. The smallest absolute Gasteiger partial charge is 0.374 e. The maximum Gasteiger partial charge on any atom is 0.374 e. The molecule has 0 N–H and O–H groups in total. The van der Waals surface area contributed by atoms with Crippen LogP contribution in [0.5, 0.6) is 0 Å². The Hall–Kier alpha value is -2.08. The first-order valence-corrected chi connectivity index (χ1v) is 8.84. The molecule has 25 heavy (non-hydrogen) atoms. The SMILES string of the molecule is CO/N=C1/CCc2cc(-c3oc(C(=O)OC(C)(C)C)cc3Br)ccc21. The number of esters is 1. The number of halogens is 1. The van der Waals surface area contributed by atoms with Crippen LogP contribution in [0.2, 0.25) is 0 Å². The van der Waals surface area contributed by atoms with E-state index >= 15 is 0 Å². The largest absolute Gasteiger partial charge is 0.454 e. The highest BCUT2D eigenvalue weighted by atomic mass is 79.9. The number of carbonyl (C=O) groups is 1. The van der Waals surface area contributed by atoms with Crippen LogP contribution in [0, 0.1) is 0 Å². The summed E-state index contributed by atoms with van der Waals surface area (Å²) in [5.41, 5.74) is 3.58. The molecule has 5 nitrogen and oxygen atoms in total. The van der Waals surface area contributed by atoms with Gasteiger partial charge >= 0.3 is 5.97 Å². The van der Waals surface area contributed by atoms with Crippen LogP contribution < -0.4 is 0 Å². The minimum atomic E-state index is -0.568. The summed E-state index contributed by atoms with van der Waals surface area (Å²) in [7, 11) is 1.55.